The van der Waals surface area contributed by atoms with Gasteiger partial charge in [0.1, 0.15) is 0 Å². The molecule has 0 spiro atoms. The molecule has 1 aromatic rings. The summed E-state index contributed by atoms with van der Waals surface area (Å²) in [5.74, 6) is -0.159. The Morgan fingerprint density at radius 2 is 2.13 bits per heavy atom. The van der Waals surface area contributed by atoms with Crippen LogP contribution in [0.15, 0.2) is 18.2 Å². The monoisotopic (exact) mass is 212 g/mol. The van der Waals surface area contributed by atoms with E-state index in [0.29, 0.717) is 12.2 Å². The molecule has 0 amide bonds. The van der Waals surface area contributed by atoms with E-state index >= 15 is 0 Å². The maximum atomic E-state index is 13.5. The normalized spacial score (nSPS) is 14.7. The fourth-order valence-corrected chi connectivity index (χ4v) is 1.25. The molecule has 4 N–H and O–H groups in total. The Labute approximate surface area is 89.2 Å². The van der Waals surface area contributed by atoms with Gasteiger partial charge in [0, 0.05) is 6.54 Å². The van der Waals surface area contributed by atoms with Crippen molar-refractivity contribution in [2.45, 2.75) is 19.4 Å². The van der Waals surface area contributed by atoms with Gasteiger partial charge in [0.05, 0.1) is 12.1 Å². The zero-order valence-corrected chi connectivity index (χ0v) is 9.09. The van der Waals surface area contributed by atoms with E-state index in [1.165, 1.54) is 6.07 Å². The Morgan fingerprint density at radius 1 is 1.47 bits per heavy atom. The fraction of sp³-hybridized carbons (Fsp3) is 0.455. The second-order valence-corrected chi connectivity index (χ2v) is 3.70. The summed E-state index contributed by atoms with van der Waals surface area (Å²) in [4.78, 5) is 0. The van der Waals surface area contributed by atoms with Gasteiger partial charge in [0.15, 0.2) is 11.6 Å². The number of hydrogen-bond acceptors (Lipinski definition) is 3. The Hall–Kier alpha value is -1.13. The summed E-state index contributed by atoms with van der Waals surface area (Å²) in [5.41, 5.74) is 11.4. The third kappa shape index (κ3) is 2.67. The minimum atomic E-state index is -0.703. The van der Waals surface area contributed by atoms with Crippen LogP contribution >= 0.6 is 0 Å². The van der Waals surface area contributed by atoms with Gasteiger partial charge in [-0.3, -0.25) is 0 Å². The van der Waals surface area contributed by atoms with Crippen molar-refractivity contribution in [1.82, 2.24) is 0 Å². The third-order valence-corrected chi connectivity index (χ3v) is 2.32. The van der Waals surface area contributed by atoms with Gasteiger partial charge in [-0.25, -0.2) is 4.39 Å². The molecule has 0 fully saturated rings. The van der Waals surface area contributed by atoms with Crippen molar-refractivity contribution in [2.75, 3.05) is 13.2 Å². The van der Waals surface area contributed by atoms with Crippen molar-refractivity contribution < 1.29 is 9.13 Å². The summed E-state index contributed by atoms with van der Waals surface area (Å²) in [6.45, 7) is 4.27. The summed E-state index contributed by atoms with van der Waals surface area (Å²) in [6.07, 6.45) is 0. The molecule has 0 saturated heterocycles. The molecular formula is C11H17FN2O. The molecule has 1 atom stereocenters. The van der Waals surface area contributed by atoms with Crippen molar-refractivity contribution in [2.24, 2.45) is 11.5 Å². The van der Waals surface area contributed by atoms with E-state index in [2.05, 4.69) is 0 Å². The maximum absolute atomic E-state index is 13.5. The molecule has 1 unspecified atom stereocenters. The Morgan fingerprint density at radius 3 is 2.60 bits per heavy atom. The molecule has 0 aliphatic heterocycles. The highest BCUT2D eigenvalue weighted by Gasteiger charge is 2.20. The van der Waals surface area contributed by atoms with Crippen molar-refractivity contribution >= 4 is 0 Å². The van der Waals surface area contributed by atoms with E-state index in [-0.39, 0.29) is 12.3 Å². The van der Waals surface area contributed by atoms with E-state index in [1.54, 1.807) is 26.0 Å². The molecule has 1 aromatic carbocycles. The number of hydrogen-bond donors (Lipinski definition) is 2. The lowest BCUT2D eigenvalue weighted by Crippen LogP contribution is -2.40. The predicted molar refractivity (Wildman–Crippen MR) is 58.2 cm³/mol. The first-order valence-electron chi connectivity index (χ1n) is 4.93. The fourth-order valence-electron chi connectivity index (χ4n) is 1.25. The molecule has 0 saturated carbocycles. The summed E-state index contributed by atoms with van der Waals surface area (Å²) in [7, 11) is 0. The van der Waals surface area contributed by atoms with Crippen molar-refractivity contribution in [3.63, 3.8) is 0 Å². The average Bonchev–Trinajstić information content (AvgIpc) is 2.21. The van der Waals surface area contributed by atoms with E-state index in [1.807, 2.05) is 0 Å². The van der Waals surface area contributed by atoms with E-state index < -0.39 is 11.4 Å². The third-order valence-electron chi connectivity index (χ3n) is 2.32. The van der Waals surface area contributed by atoms with Gasteiger partial charge < -0.3 is 16.2 Å². The van der Waals surface area contributed by atoms with Crippen LogP contribution < -0.4 is 16.2 Å². The minimum Gasteiger partial charge on any atom is -0.491 e. The smallest absolute Gasteiger partial charge is 0.165 e. The Bertz CT molecular complexity index is 339. The van der Waals surface area contributed by atoms with Gasteiger partial charge in [0.25, 0.3) is 0 Å². The zero-order valence-electron chi connectivity index (χ0n) is 9.09. The van der Waals surface area contributed by atoms with Crippen LogP contribution in [-0.2, 0) is 5.54 Å². The quantitative estimate of drug-likeness (QED) is 0.792. The second kappa shape index (κ2) is 4.59. The maximum Gasteiger partial charge on any atom is 0.165 e. The van der Waals surface area contributed by atoms with E-state index in [9.17, 15) is 4.39 Å². The predicted octanol–water partition coefficient (Wildman–Crippen LogP) is 1.36. The Balaban J connectivity index is 3.01. The van der Waals surface area contributed by atoms with Gasteiger partial charge in [-0.1, -0.05) is 6.07 Å². The molecule has 15 heavy (non-hydrogen) atoms. The SMILES string of the molecule is CCOc1ccc(C(C)(N)CN)cc1F. The topological polar surface area (TPSA) is 61.3 Å². The molecular weight excluding hydrogens is 195 g/mol. The van der Waals surface area contributed by atoms with E-state index in [0.717, 1.165) is 0 Å². The molecule has 0 heterocycles. The number of rotatable bonds is 4. The van der Waals surface area contributed by atoms with Crippen molar-refractivity contribution in [3.05, 3.63) is 29.6 Å². The summed E-state index contributed by atoms with van der Waals surface area (Å²) < 4.78 is 18.6. The number of halogens is 1. The molecule has 1 rings (SSSR count). The molecule has 84 valence electrons. The van der Waals surface area contributed by atoms with Crippen LogP contribution in [0.25, 0.3) is 0 Å². The lowest BCUT2D eigenvalue weighted by molar-refractivity contribution is 0.320. The van der Waals surface area contributed by atoms with Crippen LogP contribution in [0.2, 0.25) is 0 Å². The van der Waals surface area contributed by atoms with Gasteiger partial charge in [-0.2, -0.15) is 0 Å². The first-order chi connectivity index (χ1) is 7.01. The molecule has 4 heteroatoms. The van der Waals surface area contributed by atoms with Gasteiger partial charge in [-0.15, -0.1) is 0 Å². The van der Waals surface area contributed by atoms with Crippen molar-refractivity contribution in [3.8, 4) is 5.75 Å². The van der Waals surface area contributed by atoms with Crippen LogP contribution in [0.4, 0.5) is 4.39 Å². The number of benzene rings is 1. The standard InChI is InChI=1S/C11H17FN2O/c1-3-15-10-5-4-8(6-9(10)12)11(2,14)7-13/h4-6H,3,7,13-14H2,1-2H3. The summed E-state index contributed by atoms with van der Waals surface area (Å²) >= 11 is 0. The highest BCUT2D eigenvalue weighted by Crippen LogP contribution is 2.23. The number of nitrogens with two attached hydrogens (primary N) is 2. The highest BCUT2D eigenvalue weighted by molar-refractivity contribution is 5.33. The minimum absolute atomic E-state index is 0.245. The molecule has 3 nitrogen and oxygen atoms in total. The number of ether oxygens (including phenoxy) is 1. The van der Waals surface area contributed by atoms with Crippen LogP contribution in [0.1, 0.15) is 19.4 Å². The average molecular weight is 212 g/mol. The highest BCUT2D eigenvalue weighted by atomic mass is 19.1. The lowest BCUT2D eigenvalue weighted by atomic mass is 9.93. The molecule has 0 aromatic heterocycles. The van der Waals surface area contributed by atoms with Crippen molar-refractivity contribution in [1.29, 1.82) is 0 Å². The first-order valence-corrected chi connectivity index (χ1v) is 4.93. The van der Waals surface area contributed by atoms with Gasteiger partial charge in [-0.05, 0) is 31.5 Å². The molecule has 0 radical (unpaired) electrons. The molecule has 0 aliphatic carbocycles. The van der Waals surface area contributed by atoms with Crippen LogP contribution in [0, 0.1) is 5.82 Å². The molecule has 0 bridgehead atoms. The lowest BCUT2D eigenvalue weighted by Gasteiger charge is -2.23. The first kappa shape index (κ1) is 11.9. The second-order valence-electron chi connectivity index (χ2n) is 3.70. The summed E-state index contributed by atoms with van der Waals surface area (Å²) in [5, 5.41) is 0. The largest absolute Gasteiger partial charge is 0.491 e. The van der Waals surface area contributed by atoms with Crippen LogP contribution in [0.3, 0.4) is 0 Å². The van der Waals surface area contributed by atoms with Gasteiger partial charge >= 0.3 is 0 Å². The van der Waals surface area contributed by atoms with Gasteiger partial charge in [0.2, 0.25) is 0 Å². The summed E-state index contributed by atoms with van der Waals surface area (Å²) in [6, 6.07) is 4.69. The van der Waals surface area contributed by atoms with E-state index in [4.69, 9.17) is 16.2 Å². The molecule has 0 aliphatic rings. The zero-order chi connectivity index (χ0) is 11.5. The van der Waals surface area contributed by atoms with Crippen LogP contribution in [0.5, 0.6) is 5.75 Å². The van der Waals surface area contributed by atoms with Crippen LogP contribution in [-0.4, -0.2) is 13.2 Å². The Kier molecular flexibility index (Phi) is 3.66.